The van der Waals surface area contributed by atoms with Gasteiger partial charge in [-0.25, -0.2) is 4.79 Å². The summed E-state index contributed by atoms with van der Waals surface area (Å²) in [5, 5.41) is 11.2. The van der Waals surface area contributed by atoms with Crippen LogP contribution in [0.3, 0.4) is 0 Å². The fourth-order valence-corrected chi connectivity index (χ4v) is 5.51. The van der Waals surface area contributed by atoms with Gasteiger partial charge >= 0.3 is 14.9 Å². The van der Waals surface area contributed by atoms with Gasteiger partial charge in [-0.2, -0.15) is 0 Å². The van der Waals surface area contributed by atoms with E-state index in [-0.39, 0.29) is 18.4 Å². The summed E-state index contributed by atoms with van der Waals surface area (Å²) in [6.07, 6.45) is -0.356. The first-order chi connectivity index (χ1) is 12.8. The highest BCUT2D eigenvalue weighted by Gasteiger charge is 2.42. The zero-order valence-electron chi connectivity index (χ0n) is 16.0. The van der Waals surface area contributed by atoms with Crippen LogP contribution in [0.5, 0.6) is 0 Å². The molecule has 1 aromatic carbocycles. The number of nitrogens with two attached hydrogens (primary N) is 1. The number of benzene rings is 1. The van der Waals surface area contributed by atoms with Gasteiger partial charge in [-0.3, -0.25) is 10.1 Å². The van der Waals surface area contributed by atoms with Crippen molar-refractivity contribution in [3.63, 3.8) is 0 Å². The number of hydrogen-bond acceptors (Lipinski definition) is 7. The van der Waals surface area contributed by atoms with Crippen LogP contribution in [0.4, 0.5) is 10.5 Å². The molecule has 9 nitrogen and oxygen atoms in total. The Morgan fingerprint density at radius 3 is 2.44 bits per heavy atom. The van der Waals surface area contributed by atoms with Gasteiger partial charge in [0.05, 0.1) is 17.6 Å². The van der Waals surface area contributed by atoms with E-state index >= 15 is 0 Å². The molecule has 152 valence electrons. The number of ether oxygens (including phenoxy) is 1. The Morgan fingerprint density at radius 1 is 1.26 bits per heavy atom. The fourth-order valence-electron chi connectivity index (χ4n) is 2.73. The molecule has 1 atom stereocenters. The number of primary amides is 1. The van der Waals surface area contributed by atoms with Crippen molar-refractivity contribution in [2.75, 3.05) is 19.8 Å². The quantitative estimate of drug-likeness (QED) is 0.234. The average molecular weight is 401 g/mol. The maximum atomic E-state index is 11.2. The Bertz CT molecular complexity index is 609. The Morgan fingerprint density at radius 2 is 1.89 bits per heavy atom. The van der Waals surface area contributed by atoms with E-state index in [0.29, 0.717) is 37.7 Å². The smallest absolute Gasteiger partial charge is 0.450 e. The van der Waals surface area contributed by atoms with Crippen molar-refractivity contribution >= 4 is 20.6 Å². The molecule has 1 aromatic rings. The molecule has 2 N–H and O–H groups in total. The number of nitro benzene ring substituents is 1. The van der Waals surface area contributed by atoms with Crippen molar-refractivity contribution in [2.24, 2.45) is 5.73 Å². The third kappa shape index (κ3) is 8.04. The van der Waals surface area contributed by atoms with Gasteiger partial charge in [0.2, 0.25) is 0 Å². The molecule has 1 unspecified atom stereocenters. The summed E-state index contributed by atoms with van der Waals surface area (Å²) in [5.41, 5.74) is 5.61. The predicted molar refractivity (Wildman–Crippen MR) is 101 cm³/mol. The summed E-state index contributed by atoms with van der Waals surface area (Å²) >= 11 is 0. The van der Waals surface area contributed by atoms with Gasteiger partial charge < -0.3 is 23.7 Å². The number of nitrogens with zero attached hydrogens (tertiary/aromatic N) is 1. The normalized spacial score (nSPS) is 12.6. The minimum Gasteiger partial charge on any atom is -0.450 e. The van der Waals surface area contributed by atoms with E-state index < -0.39 is 19.8 Å². The van der Waals surface area contributed by atoms with Gasteiger partial charge in [0.1, 0.15) is 0 Å². The van der Waals surface area contributed by atoms with Crippen LogP contribution in [0.15, 0.2) is 24.3 Å². The zero-order chi connectivity index (χ0) is 20.3. The van der Waals surface area contributed by atoms with E-state index in [1.54, 1.807) is 18.2 Å². The van der Waals surface area contributed by atoms with Gasteiger partial charge in [0.15, 0.2) is 0 Å². The molecule has 1 rings (SSSR count). The highest BCUT2D eigenvalue weighted by Crippen LogP contribution is 2.24. The summed E-state index contributed by atoms with van der Waals surface area (Å²) in [4.78, 5) is 21.5. The maximum Gasteiger partial charge on any atom is 0.501 e. The second kappa shape index (κ2) is 11.6. The van der Waals surface area contributed by atoms with Gasteiger partial charge in [0.25, 0.3) is 5.69 Å². The van der Waals surface area contributed by atoms with Gasteiger partial charge in [0, 0.05) is 37.3 Å². The second-order valence-corrected chi connectivity index (χ2v) is 8.52. The number of carbonyl (C=O) groups is 1. The van der Waals surface area contributed by atoms with Crippen LogP contribution >= 0.6 is 0 Å². The minimum absolute atomic E-state index is 0.0582. The third-order valence-electron chi connectivity index (χ3n) is 3.68. The topological polar surface area (TPSA) is 123 Å². The average Bonchev–Trinajstić information content (AvgIpc) is 2.59. The summed E-state index contributed by atoms with van der Waals surface area (Å²) < 4.78 is 22.6. The monoisotopic (exact) mass is 400 g/mol. The van der Waals surface area contributed by atoms with Crippen LogP contribution in [0.2, 0.25) is 6.04 Å². The lowest BCUT2D eigenvalue weighted by Gasteiger charge is -2.31. The van der Waals surface area contributed by atoms with Crippen LogP contribution in [0, 0.1) is 10.1 Å². The zero-order valence-corrected chi connectivity index (χ0v) is 17.0. The van der Waals surface area contributed by atoms with Crippen molar-refractivity contribution < 1.29 is 27.7 Å². The molecule has 0 heterocycles. The number of hydrogen-bond donors (Lipinski definition) is 1. The summed E-state index contributed by atoms with van der Waals surface area (Å²) in [6.45, 7) is 6.47. The van der Waals surface area contributed by atoms with Crippen molar-refractivity contribution in [1.29, 1.82) is 0 Å². The van der Waals surface area contributed by atoms with E-state index in [1.165, 1.54) is 6.07 Å². The van der Waals surface area contributed by atoms with Gasteiger partial charge in [-0.1, -0.05) is 18.2 Å². The van der Waals surface area contributed by atoms with Crippen molar-refractivity contribution in [1.82, 2.24) is 0 Å². The molecule has 0 aromatic heterocycles. The lowest BCUT2D eigenvalue weighted by molar-refractivity contribution is -0.385. The Kier molecular flexibility index (Phi) is 9.93. The molecule has 0 spiro atoms. The lowest BCUT2D eigenvalue weighted by Crippen LogP contribution is -2.48. The first-order valence-corrected chi connectivity index (χ1v) is 10.9. The highest BCUT2D eigenvalue weighted by atomic mass is 28.4. The molecular weight excluding hydrogens is 372 g/mol. The highest BCUT2D eigenvalue weighted by molar-refractivity contribution is 6.60. The van der Waals surface area contributed by atoms with Gasteiger partial charge in [-0.15, -0.1) is 0 Å². The molecule has 0 fully saturated rings. The number of nitro groups is 1. The molecule has 0 aliphatic carbocycles. The predicted octanol–water partition coefficient (Wildman–Crippen LogP) is 3.04. The van der Waals surface area contributed by atoms with Crippen LogP contribution in [0.1, 0.15) is 32.8 Å². The molecule has 0 aliphatic rings. The van der Waals surface area contributed by atoms with E-state index in [4.69, 9.17) is 23.7 Å². The SMILES string of the molecule is CCO[Si](CCCOC(N)=O)(OCC)OC(C)Cc1ccccc1[N+](=O)[O-]. The molecule has 27 heavy (non-hydrogen) atoms. The number of para-hydroxylation sites is 1. The van der Waals surface area contributed by atoms with E-state index in [1.807, 2.05) is 20.8 Å². The first kappa shape index (κ1) is 23.0. The number of amides is 1. The standard InChI is InChI=1S/C17H28N2O7Si/c1-4-24-27(25-5-2,12-8-11-23-17(18)20)26-14(3)13-15-9-6-7-10-16(15)19(21)22/h6-7,9-10,14H,4-5,8,11-13H2,1-3H3,(H2,18,20). The van der Waals surface area contributed by atoms with Crippen LogP contribution in [-0.4, -0.2) is 45.7 Å². The molecule has 10 heteroatoms. The van der Waals surface area contributed by atoms with Gasteiger partial charge in [-0.05, 0) is 27.2 Å². The molecular formula is C17H28N2O7Si. The third-order valence-corrected chi connectivity index (χ3v) is 6.86. The fraction of sp³-hybridized carbons (Fsp3) is 0.588. The minimum atomic E-state index is -3.03. The molecule has 0 bridgehead atoms. The molecule has 0 aliphatic heterocycles. The van der Waals surface area contributed by atoms with E-state index in [9.17, 15) is 14.9 Å². The largest absolute Gasteiger partial charge is 0.501 e. The van der Waals surface area contributed by atoms with Crippen LogP contribution in [-0.2, 0) is 24.4 Å². The van der Waals surface area contributed by atoms with Crippen molar-refractivity contribution in [3.8, 4) is 0 Å². The van der Waals surface area contributed by atoms with Crippen LogP contribution < -0.4 is 5.73 Å². The molecule has 0 radical (unpaired) electrons. The first-order valence-electron chi connectivity index (χ1n) is 8.93. The van der Waals surface area contributed by atoms with Crippen LogP contribution in [0.25, 0.3) is 0 Å². The second-order valence-electron chi connectivity index (χ2n) is 5.84. The summed E-state index contributed by atoms with van der Waals surface area (Å²) in [5.74, 6) is 0. The summed E-state index contributed by atoms with van der Waals surface area (Å²) in [6, 6.07) is 7.02. The van der Waals surface area contributed by atoms with E-state index in [2.05, 4.69) is 0 Å². The maximum absolute atomic E-state index is 11.2. The Labute approximate surface area is 160 Å². The van der Waals surface area contributed by atoms with Crippen molar-refractivity contribution in [3.05, 3.63) is 39.9 Å². The summed E-state index contributed by atoms with van der Waals surface area (Å²) in [7, 11) is -3.03. The lowest BCUT2D eigenvalue weighted by atomic mass is 10.1. The molecule has 0 saturated heterocycles. The van der Waals surface area contributed by atoms with Crippen molar-refractivity contribution in [2.45, 2.75) is 45.8 Å². The van der Waals surface area contributed by atoms with E-state index in [0.717, 1.165) is 0 Å². The number of carbonyl (C=O) groups excluding carboxylic acids is 1. The molecule has 0 saturated carbocycles. The Balaban J connectivity index is 2.83. The Hall–Kier alpha value is -2.01. The number of rotatable bonds is 13. The molecule has 1 amide bonds.